The van der Waals surface area contributed by atoms with Crippen molar-refractivity contribution in [3.8, 4) is 11.5 Å². The monoisotopic (exact) mass is 490 g/mol. The lowest BCUT2D eigenvalue weighted by molar-refractivity contribution is -0.115. The van der Waals surface area contributed by atoms with Crippen LogP contribution < -0.4 is 19.7 Å². The van der Waals surface area contributed by atoms with E-state index in [9.17, 15) is 9.59 Å². The molecule has 1 aliphatic rings. The van der Waals surface area contributed by atoms with Crippen LogP contribution in [0.5, 0.6) is 11.5 Å². The molecule has 0 radical (unpaired) electrons. The maximum atomic E-state index is 12.7. The zero-order valence-electron chi connectivity index (χ0n) is 20.0. The summed E-state index contributed by atoms with van der Waals surface area (Å²) < 4.78 is 11.2. The highest BCUT2D eigenvalue weighted by Gasteiger charge is 2.34. The van der Waals surface area contributed by atoms with Crippen LogP contribution in [0.4, 0.5) is 11.4 Å². The Morgan fingerprint density at radius 2 is 1.60 bits per heavy atom. The van der Waals surface area contributed by atoms with Gasteiger partial charge in [-0.3, -0.25) is 14.5 Å². The van der Waals surface area contributed by atoms with Gasteiger partial charge in [0.25, 0.3) is 5.91 Å². The molecule has 1 saturated heterocycles. The summed E-state index contributed by atoms with van der Waals surface area (Å²) in [5, 5.41) is 2.82. The van der Waals surface area contributed by atoms with Crippen LogP contribution in [0.3, 0.4) is 0 Å². The minimum absolute atomic E-state index is 0.0728. The molecule has 35 heavy (non-hydrogen) atoms. The number of amides is 2. The summed E-state index contributed by atoms with van der Waals surface area (Å²) in [5.74, 6) is 1.86. The molecule has 0 aromatic heterocycles. The number of unbranched alkanes of at least 4 members (excludes halogenated alkanes) is 1. The van der Waals surface area contributed by atoms with Gasteiger partial charge in [0, 0.05) is 16.9 Å². The van der Waals surface area contributed by atoms with E-state index < -0.39 is 0 Å². The molecule has 2 amide bonds. The van der Waals surface area contributed by atoms with Crippen molar-refractivity contribution >= 4 is 35.0 Å². The molecule has 182 valence electrons. The number of ether oxygens (including phenoxy) is 2. The fraction of sp³-hybridized carbons (Fsp3) is 0.286. The van der Waals surface area contributed by atoms with Gasteiger partial charge in [-0.2, -0.15) is 0 Å². The molecule has 0 saturated carbocycles. The number of hydrogen-bond donors (Lipinski definition) is 1. The number of benzene rings is 3. The summed E-state index contributed by atoms with van der Waals surface area (Å²) in [6.07, 6.45) is 2.08. The SMILES string of the molecule is CCCCOc1ccc(C(=O)Nc2ccc([C@H]3SCC(=O)N3c3ccc(OCC)cc3)cc2)cc1. The Kier molecular flexibility index (Phi) is 8.32. The fourth-order valence-electron chi connectivity index (χ4n) is 3.79. The number of nitrogens with zero attached hydrogens (tertiary/aromatic N) is 1. The molecule has 7 heteroatoms. The largest absolute Gasteiger partial charge is 0.494 e. The molecular formula is C28H30N2O4S. The number of hydrogen-bond acceptors (Lipinski definition) is 5. The van der Waals surface area contributed by atoms with Crippen molar-refractivity contribution in [3.63, 3.8) is 0 Å². The normalized spacial score (nSPS) is 15.2. The van der Waals surface area contributed by atoms with E-state index in [4.69, 9.17) is 9.47 Å². The van der Waals surface area contributed by atoms with Gasteiger partial charge in [-0.15, -0.1) is 11.8 Å². The summed E-state index contributed by atoms with van der Waals surface area (Å²) in [6.45, 7) is 5.33. The van der Waals surface area contributed by atoms with Gasteiger partial charge >= 0.3 is 0 Å². The zero-order valence-corrected chi connectivity index (χ0v) is 20.8. The van der Waals surface area contributed by atoms with Crippen LogP contribution in [0, 0.1) is 0 Å². The Morgan fingerprint density at radius 1 is 0.943 bits per heavy atom. The lowest BCUT2D eigenvalue weighted by atomic mass is 10.1. The first kappa shape index (κ1) is 24.7. The van der Waals surface area contributed by atoms with Gasteiger partial charge in [0.2, 0.25) is 5.91 Å². The Morgan fingerprint density at radius 3 is 2.26 bits per heavy atom. The summed E-state index contributed by atoms with van der Waals surface area (Å²) in [7, 11) is 0. The average Bonchev–Trinajstić information content (AvgIpc) is 3.27. The second-order valence-corrected chi connectivity index (χ2v) is 9.23. The van der Waals surface area contributed by atoms with Crippen molar-refractivity contribution in [2.24, 2.45) is 0 Å². The van der Waals surface area contributed by atoms with E-state index in [0.29, 0.717) is 30.2 Å². The third-order valence-corrected chi connectivity index (χ3v) is 6.84. The number of thioether (sulfide) groups is 1. The Bertz CT molecular complexity index is 1130. The highest BCUT2D eigenvalue weighted by molar-refractivity contribution is 8.00. The van der Waals surface area contributed by atoms with Gasteiger partial charge in [0.1, 0.15) is 16.9 Å². The van der Waals surface area contributed by atoms with E-state index in [1.807, 2.05) is 72.5 Å². The lowest BCUT2D eigenvalue weighted by Crippen LogP contribution is -2.27. The maximum Gasteiger partial charge on any atom is 0.255 e. The summed E-state index contributed by atoms with van der Waals surface area (Å²) in [5.41, 5.74) is 3.11. The third kappa shape index (κ3) is 6.17. The number of anilines is 2. The number of carbonyl (C=O) groups excluding carboxylic acids is 2. The van der Waals surface area contributed by atoms with Crippen LogP contribution in [-0.4, -0.2) is 30.8 Å². The predicted octanol–water partition coefficient (Wildman–Crippen LogP) is 6.30. The number of carbonyl (C=O) groups is 2. The van der Waals surface area contributed by atoms with E-state index >= 15 is 0 Å². The van der Waals surface area contributed by atoms with Crippen molar-refractivity contribution in [2.75, 3.05) is 29.2 Å². The average molecular weight is 491 g/mol. The molecule has 4 rings (SSSR count). The van der Waals surface area contributed by atoms with Gasteiger partial charge in [-0.1, -0.05) is 25.5 Å². The van der Waals surface area contributed by atoms with E-state index in [1.165, 1.54) is 0 Å². The van der Waals surface area contributed by atoms with Gasteiger partial charge in [-0.05, 0) is 79.6 Å². The summed E-state index contributed by atoms with van der Waals surface area (Å²) in [6, 6.07) is 22.4. The third-order valence-electron chi connectivity index (χ3n) is 5.63. The van der Waals surface area contributed by atoms with Gasteiger partial charge in [0.05, 0.1) is 19.0 Å². The number of nitrogens with one attached hydrogen (secondary N) is 1. The first-order valence-corrected chi connectivity index (χ1v) is 12.9. The van der Waals surface area contributed by atoms with Crippen molar-refractivity contribution < 1.29 is 19.1 Å². The van der Waals surface area contributed by atoms with Crippen LogP contribution in [0.25, 0.3) is 0 Å². The van der Waals surface area contributed by atoms with Crippen molar-refractivity contribution in [1.82, 2.24) is 0 Å². The number of rotatable bonds is 10. The van der Waals surface area contributed by atoms with Crippen molar-refractivity contribution in [1.29, 1.82) is 0 Å². The highest BCUT2D eigenvalue weighted by Crippen LogP contribution is 2.42. The molecule has 0 bridgehead atoms. The molecule has 1 aliphatic heterocycles. The molecule has 0 aliphatic carbocycles. The first-order chi connectivity index (χ1) is 17.1. The lowest BCUT2D eigenvalue weighted by Gasteiger charge is -2.24. The van der Waals surface area contributed by atoms with E-state index in [0.717, 1.165) is 35.6 Å². The smallest absolute Gasteiger partial charge is 0.255 e. The zero-order chi connectivity index (χ0) is 24.6. The molecule has 6 nitrogen and oxygen atoms in total. The first-order valence-electron chi connectivity index (χ1n) is 11.9. The predicted molar refractivity (Wildman–Crippen MR) is 142 cm³/mol. The topological polar surface area (TPSA) is 67.9 Å². The molecule has 3 aromatic rings. The van der Waals surface area contributed by atoms with Crippen LogP contribution in [0.2, 0.25) is 0 Å². The molecule has 1 atom stereocenters. The van der Waals surface area contributed by atoms with Gasteiger partial charge in [-0.25, -0.2) is 0 Å². The maximum absolute atomic E-state index is 12.7. The Hall–Kier alpha value is -3.45. The van der Waals surface area contributed by atoms with Crippen LogP contribution in [0.1, 0.15) is 48.0 Å². The summed E-state index contributed by atoms with van der Waals surface area (Å²) >= 11 is 1.59. The standard InChI is InChI=1S/C28H30N2O4S/c1-3-5-18-34-25-14-8-20(9-15-25)27(32)29-22-10-6-21(7-11-22)28-30(26(31)19-35-28)23-12-16-24(17-13-23)33-4-2/h6-17,28H,3-5,18-19H2,1-2H3,(H,29,32)/t28-/m1/s1. The van der Waals surface area contributed by atoms with Crippen LogP contribution >= 0.6 is 11.8 Å². The highest BCUT2D eigenvalue weighted by atomic mass is 32.2. The summed E-state index contributed by atoms with van der Waals surface area (Å²) in [4.78, 5) is 27.1. The molecule has 0 spiro atoms. The van der Waals surface area contributed by atoms with Crippen LogP contribution in [0.15, 0.2) is 72.8 Å². The minimum atomic E-state index is -0.181. The van der Waals surface area contributed by atoms with Crippen molar-refractivity contribution in [2.45, 2.75) is 32.1 Å². The Labute approximate surface area is 210 Å². The molecule has 1 heterocycles. The molecular weight excluding hydrogens is 460 g/mol. The van der Waals surface area contributed by atoms with Gasteiger partial charge in [0.15, 0.2) is 0 Å². The van der Waals surface area contributed by atoms with E-state index in [2.05, 4.69) is 12.2 Å². The molecule has 3 aromatic carbocycles. The quantitative estimate of drug-likeness (QED) is 0.338. The molecule has 1 N–H and O–H groups in total. The second-order valence-electron chi connectivity index (χ2n) is 8.16. The van der Waals surface area contributed by atoms with Crippen LogP contribution in [-0.2, 0) is 4.79 Å². The van der Waals surface area contributed by atoms with E-state index in [1.54, 1.807) is 23.9 Å². The minimum Gasteiger partial charge on any atom is -0.494 e. The van der Waals surface area contributed by atoms with Crippen molar-refractivity contribution in [3.05, 3.63) is 83.9 Å². The fourth-order valence-corrected chi connectivity index (χ4v) is 4.97. The van der Waals surface area contributed by atoms with Gasteiger partial charge < -0.3 is 14.8 Å². The van der Waals surface area contributed by atoms with E-state index in [-0.39, 0.29) is 17.2 Å². The molecule has 1 fully saturated rings. The molecule has 0 unspecified atom stereocenters. The second kappa shape index (κ2) is 11.8. The Balaban J connectivity index is 1.40.